The number of nitrogens with zero attached hydrogens (tertiary/aromatic N) is 1. The molecule has 0 unspecified atom stereocenters. The molecule has 0 saturated carbocycles. The molecule has 0 aliphatic carbocycles. The molecule has 0 saturated heterocycles. The molecule has 2 aromatic rings. The molecular weight excluding hydrogens is 276 g/mol. The van der Waals surface area contributed by atoms with Crippen molar-refractivity contribution in [1.82, 2.24) is 0 Å². The topological polar surface area (TPSA) is 24.4 Å². The molecule has 2 nitrogen and oxygen atoms in total. The van der Waals surface area contributed by atoms with Gasteiger partial charge in [-0.2, -0.15) is 5.10 Å². The van der Waals surface area contributed by atoms with Gasteiger partial charge in [-0.1, -0.05) is 36.4 Å². The highest BCUT2D eigenvalue weighted by Crippen LogP contribution is 2.19. The lowest BCUT2D eigenvalue weighted by Gasteiger charge is -2.02. The fourth-order valence-corrected chi connectivity index (χ4v) is 1.83. The first kappa shape index (κ1) is 11.9. The molecule has 2 aromatic carbocycles. The molecule has 0 fully saturated rings. The van der Waals surface area contributed by atoms with Crippen LogP contribution in [0.2, 0.25) is 0 Å². The van der Waals surface area contributed by atoms with Gasteiger partial charge < -0.3 is 0 Å². The number of benzene rings is 2. The number of hydrazone groups is 1. The van der Waals surface area contributed by atoms with Crippen molar-refractivity contribution in [1.29, 1.82) is 0 Å². The number of anilines is 1. The van der Waals surface area contributed by atoms with Crippen LogP contribution in [0.5, 0.6) is 0 Å². The van der Waals surface area contributed by atoms with E-state index in [0.717, 1.165) is 15.7 Å². The first-order valence-electron chi connectivity index (χ1n) is 5.36. The van der Waals surface area contributed by atoms with Crippen LogP contribution in [0.3, 0.4) is 0 Å². The summed E-state index contributed by atoms with van der Waals surface area (Å²) in [4.78, 5) is 0. The van der Waals surface area contributed by atoms with E-state index in [9.17, 15) is 0 Å². The summed E-state index contributed by atoms with van der Waals surface area (Å²) in [6, 6.07) is 16.0. The van der Waals surface area contributed by atoms with Crippen LogP contribution >= 0.6 is 15.9 Å². The molecule has 0 bridgehead atoms. The van der Waals surface area contributed by atoms with E-state index in [0.29, 0.717) is 0 Å². The van der Waals surface area contributed by atoms with Crippen LogP contribution < -0.4 is 5.43 Å². The second-order valence-corrected chi connectivity index (χ2v) is 4.51. The second-order valence-electron chi connectivity index (χ2n) is 3.71. The van der Waals surface area contributed by atoms with Gasteiger partial charge in [0.15, 0.2) is 0 Å². The molecular formula is C14H13BrN2. The number of hydrogen-bond acceptors (Lipinski definition) is 2. The van der Waals surface area contributed by atoms with Crippen LogP contribution in [0.25, 0.3) is 0 Å². The average Bonchev–Trinajstić information content (AvgIpc) is 2.36. The maximum Gasteiger partial charge on any atom is 0.0561 e. The molecule has 0 amide bonds. The van der Waals surface area contributed by atoms with Gasteiger partial charge >= 0.3 is 0 Å². The standard InChI is InChI=1S/C14H13BrN2/c1-11-6-5-7-12(14(11)15)10-16-17-13-8-3-2-4-9-13/h2-10,17H,1H3. The van der Waals surface area contributed by atoms with Gasteiger partial charge in [0.05, 0.1) is 11.9 Å². The van der Waals surface area contributed by atoms with Crippen molar-refractivity contribution in [2.24, 2.45) is 5.10 Å². The number of nitrogens with one attached hydrogen (secondary N) is 1. The molecule has 0 heterocycles. The number of rotatable bonds is 3. The van der Waals surface area contributed by atoms with Gasteiger partial charge in [0.2, 0.25) is 0 Å². The monoisotopic (exact) mass is 288 g/mol. The molecule has 0 aliphatic rings. The normalized spacial score (nSPS) is 10.7. The summed E-state index contributed by atoms with van der Waals surface area (Å²) in [6.45, 7) is 2.06. The van der Waals surface area contributed by atoms with Crippen LogP contribution in [0.15, 0.2) is 58.1 Å². The zero-order valence-corrected chi connectivity index (χ0v) is 11.1. The van der Waals surface area contributed by atoms with Crippen molar-refractivity contribution < 1.29 is 0 Å². The summed E-state index contributed by atoms with van der Waals surface area (Å²) in [7, 11) is 0. The molecule has 0 radical (unpaired) electrons. The van der Waals surface area contributed by atoms with Crippen molar-refractivity contribution >= 4 is 27.8 Å². The maximum atomic E-state index is 4.21. The molecule has 2 rings (SSSR count). The molecule has 0 spiro atoms. The van der Waals surface area contributed by atoms with E-state index in [-0.39, 0.29) is 0 Å². The third kappa shape index (κ3) is 3.17. The molecule has 0 aromatic heterocycles. The van der Waals surface area contributed by atoms with Crippen molar-refractivity contribution in [3.63, 3.8) is 0 Å². The van der Waals surface area contributed by atoms with Crippen molar-refractivity contribution in [3.8, 4) is 0 Å². The van der Waals surface area contributed by atoms with Crippen LogP contribution in [-0.4, -0.2) is 6.21 Å². The fraction of sp³-hybridized carbons (Fsp3) is 0.0714. The van der Waals surface area contributed by atoms with Crippen molar-refractivity contribution in [2.75, 3.05) is 5.43 Å². The highest BCUT2D eigenvalue weighted by Gasteiger charge is 1.98. The maximum absolute atomic E-state index is 4.21. The van der Waals surface area contributed by atoms with E-state index >= 15 is 0 Å². The predicted octanol–water partition coefficient (Wildman–Crippen LogP) is 4.20. The van der Waals surface area contributed by atoms with E-state index in [1.807, 2.05) is 48.7 Å². The quantitative estimate of drug-likeness (QED) is 0.664. The summed E-state index contributed by atoms with van der Waals surface area (Å²) < 4.78 is 1.08. The summed E-state index contributed by atoms with van der Waals surface area (Å²) in [6.07, 6.45) is 1.81. The summed E-state index contributed by atoms with van der Waals surface area (Å²) >= 11 is 3.55. The number of para-hydroxylation sites is 1. The van der Waals surface area contributed by atoms with E-state index in [1.54, 1.807) is 0 Å². The molecule has 17 heavy (non-hydrogen) atoms. The van der Waals surface area contributed by atoms with Gasteiger partial charge in [0.1, 0.15) is 0 Å². The number of aryl methyl sites for hydroxylation is 1. The Kier molecular flexibility index (Phi) is 3.94. The Bertz CT molecular complexity index is 521. The van der Waals surface area contributed by atoms with Gasteiger partial charge in [-0.05, 0) is 40.5 Å². The Morgan fingerprint density at radius 2 is 1.82 bits per heavy atom. The lowest BCUT2D eigenvalue weighted by atomic mass is 10.1. The van der Waals surface area contributed by atoms with E-state index < -0.39 is 0 Å². The zero-order valence-electron chi connectivity index (χ0n) is 9.52. The van der Waals surface area contributed by atoms with Gasteiger partial charge in [0.25, 0.3) is 0 Å². The van der Waals surface area contributed by atoms with E-state index in [2.05, 4.69) is 39.4 Å². The molecule has 86 valence electrons. The van der Waals surface area contributed by atoms with Crippen LogP contribution in [0.1, 0.15) is 11.1 Å². The Labute approximate surface area is 110 Å². The fourth-order valence-electron chi connectivity index (χ4n) is 1.46. The Morgan fingerprint density at radius 3 is 2.59 bits per heavy atom. The van der Waals surface area contributed by atoms with Gasteiger partial charge in [0, 0.05) is 10.0 Å². The van der Waals surface area contributed by atoms with Crippen LogP contribution in [0.4, 0.5) is 5.69 Å². The lowest BCUT2D eigenvalue weighted by Crippen LogP contribution is -1.91. The van der Waals surface area contributed by atoms with Crippen LogP contribution in [-0.2, 0) is 0 Å². The Morgan fingerprint density at radius 1 is 1.06 bits per heavy atom. The van der Waals surface area contributed by atoms with Gasteiger partial charge in [-0.15, -0.1) is 0 Å². The second kappa shape index (κ2) is 5.64. The van der Waals surface area contributed by atoms with Crippen molar-refractivity contribution in [3.05, 3.63) is 64.1 Å². The highest BCUT2D eigenvalue weighted by molar-refractivity contribution is 9.10. The Balaban J connectivity index is 2.09. The molecule has 1 N–H and O–H groups in total. The first-order valence-corrected chi connectivity index (χ1v) is 6.16. The third-order valence-corrected chi connectivity index (χ3v) is 3.48. The van der Waals surface area contributed by atoms with E-state index in [1.165, 1.54) is 5.56 Å². The first-order chi connectivity index (χ1) is 8.27. The number of halogens is 1. The summed E-state index contributed by atoms with van der Waals surface area (Å²) in [5, 5.41) is 4.21. The molecule has 3 heteroatoms. The third-order valence-electron chi connectivity index (χ3n) is 2.39. The largest absolute Gasteiger partial charge is 0.279 e. The molecule has 0 atom stereocenters. The van der Waals surface area contributed by atoms with E-state index in [4.69, 9.17) is 0 Å². The lowest BCUT2D eigenvalue weighted by molar-refractivity contribution is 1.34. The molecule has 0 aliphatic heterocycles. The van der Waals surface area contributed by atoms with Gasteiger partial charge in [-0.3, -0.25) is 5.43 Å². The minimum atomic E-state index is 0.979. The Hall–Kier alpha value is -1.61. The summed E-state index contributed by atoms with van der Waals surface area (Å²) in [5.41, 5.74) is 6.23. The minimum absolute atomic E-state index is 0.979. The predicted molar refractivity (Wildman–Crippen MR) is 76.5 cm³/mol. The SMILES string of the molecule is Cc1cccc(C=NNc2ccccc2)c1Br. The van der Waals surface area contributed by atoms with Gasteiger partial charge in [-0.25, -0.2) is 0 Å². The number of hydrogen-bond donors (Lipinski definition) is 1. The summed E-state index contributed by atoms with van der Waals surface area (Å²) in [5.74, 6) is 0. The van der Waals surface area contributed by atoms with Crippen LogP contribution in [0, 0.1) is 6.92 Å². The minimum Gasteiger partial charge on any atom is -0.279 e. The zero-order chi connectivity index (χ0) is 12.1. The average molecular weight is 289 g/mol. The highest BCUT2D eigenvalue weighted by atomic mass is 79.9. The van der Waals surface area contributed by atoms with Crippen molar-refractivity contribution in [2.45, 2.75) is 6.92 Å². The smallest absolute Gasteiger partial charge is 0.0561 e.